The molecule has 8 nitrogen and oxygen atoms in total. The minimum absolute atomic E-state index is 0. The Morgan fingerprint density at radius 2 is 1.80 bits per heavy atom. The van der Waals surface area contributed by atoms with Crippen LogP contribution in [0.1, 0.15) is 69.1 Å². The number of carbonyl (C=O) groups is 3. The third kappa shape index (κ3) is 6.28. The second kappa shape index (κ2) is 12.2. The zero-order valence-corrected chi connectivity index (χ0v) is 24.9. The van der Waals surface area contributed by atoms with Crippen LogP contribution in [-0.4, -0.2) is 58.9 Å². The standard InChI is InChI=1S/C32H40N4O4.ClH/c1-4-40-28(37)18-21-19-32(25-11-7-5-9-23(21)25)13-15-36(16-14-32)29(38)27(35-30(39)31(2,3)33)17-22-20-34-26-12-8-6-10-24(22)26;/h5-12,20-21,27,34H,4,13-19,33H2,1-3H3,(H,35,39);1H/t21-,27+;/m0./s1. The quantitative estimate of drug-likeness (QED) is 0.342. The number of esters is 1. The molecule has 1 spiro atoms. The lowest BCUT2D eigenvalue weighted by Crippen LogP contribution is -2.58. The Labute approximate surface area is 247 Å². The minimum Gasteiger partial charge on any atom is -0.466 e. The molecule has 2 aromatic carbocycles. The van der Waals surface area contributed by atoms with Crippen LogP contribution in [0.15, 0.2) is 54.7 Å². The van der Waals surface area contributed by atoms with Gasteiger partial charge in [-0.2, -0.15) is 0 Å². The first-order valence-electron chi connectivity index (χ1n) is 14.3. The summed E-state index contributed by atoms with van der Waals surface area (Å²) in [4.78, 5) is 44.4. The molecular formula is C32H41ClN4O4. The van der Waals surface area contributed by atoms with Crippen LogP contribution in [0, 0.1) is 0 Å². The fourth-order valence-electron chi connectivity index (χ4n) is 6.54. The molecule has 0 unspecified atom stereocenters. The number of likely N-dealkylation sites (tertiary alicyclic amines) is 1. The number of nitrogens with two attached hydrogens (primary N) is 1. The number of rotatable bonds is 8. The van der Waals surface area contributed by atoms with Crippen LogP contribution in [0.4, 0.5) is 0 Å². The number of amides is 2. The molecule has 220 valence electrons. The highest BCUT2D eigenvalue weighted by Gasteiger charge is 2.47. The number of aromatic amines is 1. The highest BCUT2D eigenvalue weighted by molar-refractivity contribution is 5.92. The molecule has 1 saturated heterocycles. The molecule has 1 aromatic heterocycles. The van der Waals surface area contributed by atoms with Crippen LogP contribution in [0.25, 0.3) is 10.9 Å². The van der Waals surface area contributed by atoms with Crippen molar-refractivity contribution >= 4 is 41.1 Å². The maximum Gasteiger partial charge on any atom is 0.306 e. The average Bonchev–Trinajstić information content (AvgIpc) is 3.47. The van der Waals surface area contributed by atoms with E-state index in [1.54, 1.807) is 13.8 Å². The predicted molar refractivity (Wildman–Crippen MR) is 162 cm³/mol. The predicted octanol–water partition coefficient (Wildman–Crippen LogP) is 4.36. The third-order valence-corrected chi connectivity index (χ3v) is 8.65. The second-order valence-corrected chi connectivity index (χ2v) is 11.9. The van der Waals surface area contributed by atoms with Gasteiger partial charge in [-0.3, -0.25) is 14.4 Å². The van der Waals surface area contributed by atoms with Gasteiger partial charge in [-0.05, 0) is 74.1 Å². The van der Waals surface area contributed by atoms with Gasteiger partial charge in [-0.25, -0.2) is 0 Å². The molecule has 2 atom stereocenters. The lowest BCUT2D eigenvalue weighted by molar-refractivity contribution is -0.143. The Kier molecular flexibility index (Phi) is 9.14. The van der Waals surface area contributed by atoms with E-state index >= 15 is 0 Å². The number of nitrogens with zero attached hydrogens (tertiary/aromatic N) is 1. The largest absolute Gasteiger partial charge is 0.466 e. The van der Waals surface area contributed by atoms with E-state index in [1.807, 2.05) is 48.4 Å². The summed E-state index contributed by atoms with van der Waals surface area (Å²) in [6, 6.07) is 15.6. The van der Waals surface area contributed by atoms with Gasteiger partial charge >= 0.3 is 5.97 Å². The van der Waals surface area contributed by atoms with Crippen LogP contribution in [0.2, 0.25) is 0 Å². The first kappa shape index (κ1) is 30.6. The summed E-state index contributed by atoms with van der Waals surface area (Å²) in [5, 5.41) is 3.99. The van der Waals surface area contributed by atoms with E-state index in [4.69, 9.17) is 10.5 Å². The molecule has 2 amide bonds. The van der Waals surface area contributed by atoms with Crippen LogP contribution in [0.5, 0.6) is 0 Å². The number of hydrogen-bond donors (Lipinski definition) is 3. The number of fused-ring (bicyclic) bond motifs is 3. The number of H-pyrrole nitrogens is 1. The zero-order valence-electron chi connectivity index (χ0n) is 24.1. The van der Waals surface area contributed by atoms with Crippen molar-refractivity contribution in [1.29, 1.82) is 0 Å². The van der Waals surface area contributed by atoms with E-state index in [2.05, 4.69) is 28.5 Å². The number of carbonyl (C=O) groups excluding carboxylic acids is 3. The highest BCUT2D eigenvalue weighted by Crippen LogP contribution is 2.52. The number of benzene rings is 2. The van der Waals surface area contributed by atoms with E-state index in [0.717, 1.165) is 35.7 Å². The van der Waals surface area contributed by atoms with Crippen molar-refractivity contribution in [2.75, 3.05) is 19.7 Å². The Balaban J connectivity index is 0.00000387. The number of nitrogens with one attached hydrogen (secondary N) is 2. The number of hydrogen-bond acceptors (Lipinski definition) is 5. The zero-order chi connectivity index (χ0) is 28.5. The minimum atomic E-state index is -1.10. The molecule has 9 heteroatoms. The van der Waals surface area contributed by atoms with Gasteiger partial charge in [0.05, 0.1) is 18.6 Å². The summed E-state index contributed by atoms with van der Waals surface area (Å²) >= 11 is 0. The van der Waals surface area contributed by atoms with Crippen molar-refractivity contribution in [2.24, 2.45) is 5.73 Å². The maximum absolute atomic E-state index is 14.0. The molecule has 2 heterocycles. The fourth-order valence-corrected chi connectivity index (χ4v) is 6.54. The third-order valence-electron chi connectivity index (χ3n) is 8.65. The lowest BCUT2D eigenvalue weighted by atomic mass is 9.73. The average molecular weight is 581 g/mol. The van der Waals surface area contributed by atoms with Crippen LogP contribution in [-0.2, 0) is 31.0 Å². The molecule has 1 aliphatic carbocycles. The Morgan fingerprint density at radius 1 is 1.12 bits per heavy atom. The van der Waals surface area contributed by atoms with Gasteiger partial charge in [-0.15, -0.1) is 12.4 Å². The van der Waals surface area contributed by atoms with Gasteiger partial charge in [-0.1, -0.05) is 42.5 Å². The number of aromatic nitrogens is 1. The Morgan fingerprint density at radius 3 is 2.51 bits per heavy atom. The summed E-state index contributed by atoms with van der Waals surface area (Å²) in [7, 11) is 0. The van der Waals surface area contributed by atoms with Crippen molar-refractivity contribution in [2.45, 2.75) is 75.8 Å². The number of halogens is 1. The molecule has 0 bridgehead atoms. The van der Waals surface area contributed by atoms with Crippen molar-refractivity contribution < 1.29 is 19.1 Å². The molecular weight excluding hydrogens is 540 g/mol. The van der Waals surface area contributed by atoms with Gasteiger partial charge in [0.25, 0.3) is 0 Å². The normalized spacial score (nSPS) is 18.4. The van der Waals surface area contributed by atoms with E-state index < -0.39 is 11.6 Å². The van der Waals surface area contributed by atoms with Crippen molar-refractivity contribution in [3.8, 4) is 0 Å². The molecule has 5 rings (SSSR count). The van der Waals surface area contributed by atoms with Gasteiger partial charge in [0.1, 0.15) is 6.04 Å². The number of piperidine rings is 1. The summed E-state index contributed by atoms with van der Waals surface area (Å²) in [5.41, 5.74) is 9.40. The van der Waals surface area contributed by atoms with Crippen LogP contribution >= 0.6 is 12.4 Å². The topological polar surface area (TPSA) is 118 Å². The molecule has 1 aliphatic heterocycles. The van der Waals surface area contributed by atoms with E-state index in [0.29, 0.717) is 32.5 Å². The molecule has 1 fully saturated rings. The lowest BCUT2D eigenvalue weighted by Gasteiger charge is -2.41. The van der Waals surface area contributed by atoms with Crippen molar-refractivity contribution in [3.63, 3.8) is 0 Å². The molecule has 41 heavy (non-hydrogen) atoms. The Hall–Kier alpha value is -3.36. The fraction of sp³-hybridized carbons (Fsp3) is 0.469. The maximum atomic E-state index is 14.0. The summed E-state index contributed by atoms with van der Waals surface area (Å²) < 4.78 is 5.26. The highest BCUT2D eigenvalue weighted by atomic mass is 35.5. The van der Waals surface area contributed by atoms with Gasteiger partial charge < -0.3 is 25.7 Å². The summed E-state index contributed by atoms with van der Waals surface area (Å²) in [6.07, 6.45) is 5.16. The number of para-hydroxylation sites is 1. The van der Waals surface area contributed by atoms with Gasteiger partial charge in [0.2, 0.25) is 11.8 Å². The van der Waals surface area contributed by atoms with E-state index in [1.165, 1.54) is 11.1 Å². The molecule has 0 radical (unpaired) electrons. The van der Waals surface area contributed by atoms with Crippen LogP contribution in [0.3, 0.4) is 0 Å². The van der Waals surface area contributed by atoms with E-state index in [9.17, 15) is 14.4 Å². The van der Waals surface area contributed by atoms with Crippen molar-refractivity contribution in [1.82, 2.24) is 15.2 Å². The first-order chi connectivity index (χ1) is 19.1. The summed E-state index contributed by atoms with van der Waals surface area (Å²) in [6.45, 7) is 6.68. The van der Waals surface area contributed by atoms with Crippen molar-refractivity contribution in [3.05, 3.63) is 71.4 Å². The molecule has 2 aliphatic rings. The number of ether oxygens (including phenoxy) is 1. The van der Waals surface area contributed by atoms with Gasteiger partial charge in [0, 0.05) is 36.6 Å². The monoisotopic (exact) mass is 580 g/mol. The molecule has 0 saturated carbocycles. The smallest absolute Gasteiger partial charge is 0.306 e. The van der Waals surface area contributed by atoms with Gasteiger partial charge in [0.15, 0.2) is 0 Å². The van der Waals surface area contributed by atoms with Crippen LogP contribution < -0.4 is 11.1 Å². The molecule has 3 aromatic rings. The molecule has 4 N–H and O–H groups in total. The summed E-state index contributed by atoms with van der Waals surface area (Å²) in [5.74, 6) is -0.485. The van der Waals surface area contributed by atoms with E-state index in [-0.39, 0.29) is 41.5 Å². The Bertz CT molecular complexity index is 1400. The second-order valence-electron chi connectivity index (χ2n) is 11.9. The SMILES string of the molecule is CCOC(=O)C[C@H]1CC2(CCN(C(=O)[C@@H](Cc3c[nH]c4ccccc34)NC(=O)C(C)(C)N)CC2)c2ccccc21.Cl. The first-order valence-corrected chi connectivity index (χ1v) is 14.3.